The predicted molar refractivity (Wildman–Crippen MR) is 57.6 cm³/mol. The lowest BCUT2D eigenvalue weighted by Crippen LogP contribution is -2.15. The molecule has 1 rings (SSSR count). The second-order valence-electron chi connectivity index (χ2n) is 3.52. The maximum atomic E-state index is 10.9. The molecule has 4 heteroatoms. The smallest absolute Gasteiger partial charge is 0.157 e. The number of methoxy groups -OCH3 is 1. The van der Waals surface area contributed by atoms with Crippen molar-refractivity contribution in [3.63, 3.8) is 0 Å². The average Bonchev–Trinajstić information content (AvgIpc) is 2.63. The molecular formula is C11H19NO3. The van der Waals surface area contributed by atoms with Crippen molar-refractivity contribution in [2.24, 2.45) is 0 Å². The number of allylic oxidation sites excluding steroid dienone is 2. The first kappa shape index (κ1) is 12.2. The molecule has 0 bridgehead atoms. The fraction of sp³-hybridized carbons (Fsp3) is 0.727. The minimum absolute atomic E-state index is 0.230. The number of ketones is 1. The van der Waals surface area contributed by atoms with Crippen LogP contribution in [0.15, 0.2) is 11.8 Å². The Morgan fingerprint density at radius 2 is 2.20 bits per heavy atom. The molecule has 0 atom stereocenters. The Hall–Kier alpha value is -0.870. The summed E-state index contributed by atoms with van der Waals surface area (Å²) in [6.45, 7) is 2.90. The summed E-state index contributed by atoms with van der Waals surface area (Å²) in [4.78, 5) is 10.9. The molecule has 0 saturated heterocycles. The molecule has 0 aromatic rings. The Balaban J connectivity index is 1.89. The average molecular weight is 213 g/mol. The van der Waals surface area contributed by atoms with Crippen molar-refractivity contribution >= 4 is 5.78 Å². The van der Waals surface area contributed by atoms with Gasteiger partial charge in [0.05, 0.1) is 13.2 Å². The minimum Gasteiger partial charge on any atom is -0.388 e. The summed E-state index contributed by atoms with van der Waals surface area (Å²) >= 11 is 0. The Morgan fingerprint density at radius 3 is 2.87 bits per heavy atom. The topological polar surface area (TPSA) is 47.6 Å². The third kappa shape index (κ3) is 5.54. The second-order valence-corrected chi connectivity index (χ2v) is 3.52. The lowest BCUT2D eigenvalue weighted by Gasteiger charge is -2.06. The molecule has 4 nitrogen and oxygen atoms in total. The molecule has 0 unspecified atom stereocenters. The number of hydrogen-bond acceptors (Lipinski definition) is 4. The van der Waals surface area contributed by atoms with Crippen LogP contribution < -0.4 is 5.32 Å². The first-order valence-electron chi connectivity index (χ1n) is 5.37. The molecule has 0 aromatic heterocycles. The highest BCUT2D eigenvalue weighted by Gasteiger charge is 2.10. The molecule has 1 aliphatic carbocycles. The van der Waals surface area contributed by atoms with Crippen LogP contribution in [0.4, 0.5) is 0 Å². The minimum atomic E-state index is 0.230. The fourth-order valence-electron chi connectivity index (χ4n) is 1.40. The van der Waals surface area contributed by atoms with Gasteiger partial charge >= 0.3 is 0 Å². The lowest BCUT2D eigenvalue weighted by molar-refractivity contribution is -0.114. The van der Waals surface area contributed by atoms with Crippen LogP contribution in [0.3, 0.4) is 0 Å². The van der Waals surface area contributed by atoms with E-state index in [1.165, 1.54) is 0 Å². The highest BCUT2D eigenvalue weighted by Crippen LogP contribution is 2.11. The number of rotatable bonds is 8. The predicted octanol–water partition coefficient (Wildman–Crippen LogP) is 0.876. The van der Waals surface area contributed by atoms with Crippen molar-refractivity contribution in [1.29, 1.82) is 0 Å². The molecule has 0 saturated carbocycles. The summed E-state index contributed by atoms with van der Waals surface area (Å²) < 4.78 is 10.2. The summed E-state index contributed by atoms with van der Waals surface area (Å²) in [5.74, 6) is 0.230. The van der Waals surface area contributed by atoms with E-state index in [2.05, 4.69) is 5.32 Å². The van der Waals surface area contributed by atoms with E-state index in [1.807, 2.05) is 0 Å². The van der Waals surface area contributed by atoms with E-state index in [4.69, 9.17) is 9.47 Å². The highest BCUT2D eigenvalue weighted by atomic mass is 16.5. The van der Waals surface area contributed by atoms with E-state index in [-0.39, 0.29) is 5.78 Å². The van der Waals surface area contributed by atoms with E-state index >= 15 is 0 Å². The largest absolute Gasteiger partial charge is 0.388 e. The maximum Gasteiger partial charge on any atom is 0.157 e. The van der Waals surface area contributed by atoms with Crippen molar-refractivity contribution in [2.45, 2.75) is 19.3 Å². The molecule has 1 N–H and O–H groups in total. The Morgan fingerprint density at radius 1 is 1.33 bits per heavy atom. The second kappa shape index (κ2) is 7.43. The van der Waals surface area contributed by atoms with Crippen molar-refractivity contribution in [1.82, 2.24) is 5.32 Å². The van der Waals surface area contributed by atoms with Crippen LogP contribution >= 0.6 is 0 Å². The van der Waals surface area contributed by atoms with Gasteiger partial charge in [-0.3, -0.25) is 4.79 Å². The summed E-state index contributed by atoms with van der Waals surface area (Å²) in [7, 11) is 1.66. The molecule has 0 spiro atoms. The first-order chi connectivity index (χ1) is 7.33. The third-order valence-corrected chi connectivity index (χ3v) is 2.23. The molecule has 0 radical (unpaired) electrons. The van der Waals surface area contributed by atoms with Gasteiger partial charge in [0, 0.05) is 38.5 Å². The van der Waals surface area contributed by atoms with Crippen LogP contribution in [-0.4, -0.2) is 39.3 Å². The van der Waals surface area contributed by atoms with Crippen molar-refractivity contribution in [3.8, 4) is 0 Å². The standard InChI is InChI=1S/C11H19NO3/c1-14-7-8-15-6-2-5-12-10-3-4-11(13)9-10/h9,12H,2-8H2,1H3. The van der Waals surface area contributed by atoms with Crippen LogP contribution in [-0.2, 0) is 14.3 Å². The lowest BCUT2D eigenvalue weighted by atomic mass is 10.3. The van der Waals surface area contributed by atoms with Gasteiger partial charge in [0.2, 0.25) is 0 Å². The van der Waals surface area contributed by atoms with Gasteiger partial charge in [0.15, 0.2) is 5.78 Å². The molecule has 0 aliphatic heterocycles. The number of ether oxygens (including phenoxy) is 2. The molecule has 0 aromatic carbocycles. The Kier molecular flexibility index (Phi) is 6.04. The number of carbonyl (C=O) groups excluding carboxylic acids is 1. The van der Waals surface area contributed by atoms with Gasteiger partial charge in [-0.15, -0.1) is 0 Å². The van der Waals surface area contributed by atoms with Gasteiger partial charge in [0.1, 0.15) is 0 Å². The third-order valence-electron chi connectivity index (χ3n) is 2.23. The number of nitrogens with one attached hydrogen (secondary N) is 1. The van der Waals surface area contributed by atoms with Gasteiger partial charge in [-0.05, 0) is 12.8 Å². The quantitative estimate of drug-likeness (QED) is 0.608. The zero-order chi connectivity index (χ0) is 10.9. The van der Waals surface area contributed by atoms with E-state index in [9.17, 15) is 4.79 Å². The molecule has 1 aliphatic rings. The Bertz CT molecular complexity index is 226. The van der Waals surface area contributed by atoms with Crippen LogP contribution in [0.5, 0.6) is 0 Å². The van der Waals surface area contributed by atoms with E-state index in [0.717, 1.165) is 31.7 Å². The summed E-state index contributed by atoms with van der Waals surface area (Å²) in [6, 6.07) is 0. The van der Waals surface area contributed by atoms with Crippen molar-refractivity contribution in [3.05, 3.63) is 11.8 Å². The van der Waals surface area contributed by atoms with Gasteiger partial charge < -0.3 is 14.8 Å². The van der Waals surface area contributed by atoms with Crippen LogP contribution in [0.1, 0.15) is 19.3 Å². The van der Waals surface area contributed by atoms with Crippen molar-refractivity contribution < 1.29 is 14.3 Å². The fourth-order valence-corrected chi connectivity index (χ4v) is 1.40. The van der Waals surface area contributed by atoms with Crippen molar-refractivity contribution in [2.75, 3.05) is 33.5 Å². The monoisotopic (exact) mass is 213 g/mol. The summed E-state index contributed by atoms with van der Waals surface area (Å²) in [5, 5.41) is 3.23. The van der Waals surface area contributed by atoms with Gasteiger partial charge in [0.25, 0.3) is 0 Å². The van der Waals surface area contributed by atoms with Gasteiger partial charge in [-0.1, -0.05) is 0 Å². The van der Waals surface area contributed by atoms with E-state index in [0.29, 0.717) is 19.6 Å². The van der Waals surface area contributed by atoms with Crippen LogP contribution in [0.2, 0.25) is 0 Å². The summed E-state index contributed by atoms with van der Waals surface area (Å²) in [6.07, 6.45) is 4.18. The molecular weight excluding hydrogens is 194 g/mol. The first-order valence-corrected chi connectivity index (χ1v) is 5.37. The van der Waals surface area contributed by atoms with E-state index in [1.54, 1.807) is 13.2 Å². The van der Waals surface area contributed by atoms with Crippen LogP contribution in [0, 0.1) is 0 Å². The molecule has 0 fully saturated rings. The highest BCUT2D eigenvalue weighted by molar-refractivity contribution is 5.92. The molecule has 0 heterocycles. The molecule has 0 amide bonds. The van der Waals surface area contributed by atoms with Gasteiger partial charge in [-0.25, -0.2) is 0 Å². The summed E-state index contributed by atoms with van der Waals surface area (Å²) in [5.41, 5.74) is 1.07. The molecule has 86 valence electrons. The van der Waals surface area contributed by atoms with Gasteiger partial charge in [-0.2, -0.15) is 0 Å². The molecule has 15 heavy (non-hydrogen) atoms. The SMILES string of the molecule is COCCOCCCNC1=CC(=O)CC1. The van der Waals surface area contributed by atoms with E-state index < -0.39 is 0 Å². The Labute approximate surface area is 90.6 Å². The van der Waals surface area contributed by atoms with Crippen LogP contribution in [0.25, 0.3) is 0 Å². The maximum absolute atomic E-state index is 10.9. The number of hydrogen-bond donors (Lipinski definition) is 1. The number of carbonyl (C=O) groups is 1. The zero-order valence-electron chi connectivity index (χ0n) is 9.25. The zero-order valence-corrected chi connectivity index (χ0v) is 9.25. The normalized spacial score (nSPS) is 15.5.